The van der Waals surface area contributed by atoms with Gasteiger partial charge in [0.05, 0.1) is 31.1 Å². The van der Waals surface area contributed by atoms with Gasteiger partial charge in [0.25, 0.3) is 0 Å². The smallest absolute Gasteiger partial charge is 0.230 e. The molecule has 2 fully saturated rings. The number of amides is 3. The summed E-state index contributed by atoms with van der Waals surface area (Å²) in [5.74, 6) is -1.29. The van der Waals surface area contributed by atoms with Gasteiger partial charge in [-0.15, -0.1) is 0 Å². The Bertz CT molecular complexity index is 1060. The first-order valence-corrected chi connectivity index (χ1v) is 17.2. The van der Waals surface area contributed by atoms with Crippen LogP contribution in [0.15, 0.2) is 0 Å². The molecule has 0 bridgehead atoms. The van der Waals surface area contributed by atoms with Crippen LogP contribution in [0.1, 0.15) is 89.9 Å². The number of alkyl halides is 1. The predicted molar refractivity (Wildman–Crippen MR) is 175 cm³/mol. The molecule has 0 aliphatic carbocycles. The van der Waals surface area contributed by atoms with Crippen molar-refractivity contribution in [2.24, 2.45) is 23.3 Å². The second-order valence-electron chi connectivity index (χ2n) is 11.5. The summed E-state index contributed by atoms with van der Waals surface area (Å²) in [7, 11) is 0. The van der Waals surface area contributed by atoms with Crippen molar-refractivity contribution in [3.63, 3.8) is 0 Å². The molecule has 0 saturated carbocycles. The number of rotatable bonds is 10. The van der Waals surface area contributed by atoms with Gasteiger partial charge in [-0.2, -0.15) is 0 Å². The van der Waals surface area contributed by atoms with Crippen LogP contribution in [-0.2, 0) is 38.4 Å². The molecule has 2 rings (SSSR count). The third kappa shape index (κ3) is 18.3. The van der Waals surface area contributed by atoms with E-state index in [9.17, 15) is 38.4 Å². The number of carbonyl (C=O) groups excluding carboxylic acids is 8. The van der Waals surface area contributed by atoms with Crippen molar-refractivity contribution in [1.29, 1.82) is 0 Å². The van der Waals surface area contributed by atoms with Crippen molar-refractivity contribution >= 4 is 62.6 Å². The second kappa shape index (κ2) is 24.3. The van der Waals surface area contributed by atoms with E-state index in [1.807, 2.05) is 0 Å². The normalized spacial score (nSPS) is 22.7. The first-order chi connectivity index (χ1) is 22.0. The van der Waals surface area contributed by atoms with E-state index in [0.29, 0.717) is 51.6 Å². The van der Waals surface area contributed by atoms with E-state index in [0.717, 1.165) is 12.8 Å². The van der Waals surface area contributed by atoms with Gasteiger partial charge in [-0.25, -0.2) is 0 Å². The largest absolute Gasteiger partial charge is 0.356 e. The molecule has 0 aromatic carbocycles. The molecule has 2 saturated heterocycles. The molecule has 15 heteroatoms. The van der Waals surface area contributed by atoms with Crippen LogP contribution in [0.25, 0.3) is 0 Å². The molecule has 0 unspecified atom stereocenters. The number of Topliss-reactive ketones (excluding diaryl/α,β-unsaturated/α-hetero) is 5. The fourth-order valence-electron chi connectivity index (χ4n) is 5.14. The Labute approximate surface area is 279 Å². The molecule has 46 heavy (non-hydrogen) atoms. The number of nitrogens with two attached hydrogens (primary N) is 2. The number of hydrogen-bond donors (Lipinski definition) is 6. The van der Waals surface area contributed by atoms with Crippen LogP contribution >= 0.6 is 15.9 Å². The summed E-state index contributed by atoms with van der Waals surface area (Å²) in [5.41, 5.74) is 10.8. The molecular formula is C31H51BrN6O8. The molecule has 0 radical (unpaired) electrons. The van der Waals surface area contributed by atoms with Crippen molar-refractivity contribution in [1.82, 2.24) is 21.3 Å². The standard InChI is InChI=1S/C20H33BrN4O5.C11H18N2O3/c21-11-20(30)23-10-2-1-3-16-17(27)8-5-14(18(28)12-22)4-6-15(26)7-9-19(29)25-13-24-16;12-7-10(15)8-1-2-9(14)3-4-11(16)13-6-5-8/h14,16,24H,1-13,22H2,(H,23,30)(H,25,29);8H,1-7,12H2,(H,13,16)/t14-,16+;8-/m11/s1. The zero-order chi connectivity index (χ0) is 34.3. The van der Waals surface area contributed by atoms with Crippen LogP contribution < -0.4 is 32.7 Å². The van der Waals surface area contributed by atoms with Crippen LogP contribution in [0.4, 0.5) is 0 Å². The zero-order valence-corrected chi connectivity index (χ0v) is 28.3. The van der Waals surface area contributed by atoms with Crippen LogP contribution in [0.3, 0.4) is 0 Å². The van der Waals surface area contributed by atoms with Gasteiger partial charge in [-0.3, -0.25) is 43.7 Å². The molecule has 3 atom stereocenters. The first kappa shape index (κ1) is 41.1. The lowest BCUT2D eigenvalue weighted by Crippen LogP contribution is -2.44. The number of carbonyl (C=O) groups is 8. The Morgan fingerprint density at radius 1 is 0.717 bits per heavy atom. The van der Waals surface area contributed by atoms with E-state index >= 15 is 0 Å². The molecule has 260 valence electrons. The molecule has 8 N–H and O–H groups in total. The quantitative estimate of drug-likeness (QED) is 0.131. The Morgan fingerprint density at radius 3 is 1.83 bits per heavy atom. The molecule has 0 aromatic heterocycles. The van der Waals surface area contributed by atoms with Gasteiger partial charge in [0, 0.05) is 69.9 Å². The summed E-state index contributed by atoms with van der Waals surface area (Å²) >= 11 is 3.08. The van der Waals surface area contributed by atoms with Gasteiger partial charge < -0.3 is 27.4 Å². The van der Waals surface area contributed by atoms with E-state index in [1.165, 1.54) is 0 Å². The number of unbranched alkanes of at least 4 members (excludes halogenated alkanes) is 1. The van der Waals surface area contributed by atoms with Crippen LogP contribution in [0.2, 0.25) is 0 Å². The van der Waals surface area contributed by atoms with Gasteiger partial charge in [-0.1, -0.05) is 15.9 Å². The number of ketones is 5. The molecule has 3 amide bonds. The molecule has 2 aliphatic rings. The Morgan fingerprint density at radius 2 is 1.26 bits per heavy atom. The number of hydrogen-bond acceptors (Lipinski definition) is 11. The van der Waals surface area contributed by atoms with Gasteiger partial charge in [-0.05, 0) is 44.9 Å². The lowest BCUT2D eigenvalue weighted by atomic mass is 9.89. The van der Waals surface area contributed by atoms with Gasteiger partial charge in [0.2, 0.25) is 17.7 Å². The average molecular weight is 716 g/mol. The predicted octanol–water partition coefficient (Wildman–Crippen LogP) is 0.116. The summed E-state index contributed by atoms with van der Waals surface area (Å²) in [6, 6.07) is -0.449. The average Bonchev–Trinajstić information content (AvgIpc) is 3.05. The SMILES string of the molecule is NCC(=O)[C@@H]1CCC(=O)CCC(=O)NCN[C@@H](CCCCNC(=O)CBr)C(=O)CC1.NCC(=O)[C@H]1CCNC(=O)CCC(=O)CC1. The topological polar surface area (TPSA) is 237 Å². The van der Waals surface area contributed by atoms with Crippen molar-refractivity contribution < 1.29 is 38.4 Å². The Hall–Kier alpha value is -2.88. The summed E-state index contributed by atoms with van der Waals surface area (Å²) in [6.07, 6.45) is 5.42. The molecule has 14 nitrogen and oxygen atoms in total. The van der Waals surface area contributed by atoms with Gasteiger partial charge in [0.15, 0.2) is 0 Å². The maximum absolute atomic E-state index is 12.7. The van der Waals surface area contributed by atoms with Crippen LogP contribution in [0.5, 0.6) is 0 Å². The van der Waals surface area contributed by atoms with Gasteiger partial charge >= 0.3 is 0 Å². The molecule has 2 heterocycles. The lowest BCUT2D eigenvalue weighted by molar-refractivity contribution is -0.127. The highest BCUT2D eigenvalue weighted by atomic mass is 79.9. The minimum absolute atomic E-state index is 0.00675. The van der Waals surface area contributed by atoms with Crippen LogP contribution in [0, 0.1) is 11.8 Å². The summed E-state index contributed by atoms with van der Waals surface area (Å²) in [4.78, 5) is 94.0. The summed E-state index contributed by atoms with van der Waals surface area (Å²) in [6.45, 7) is 1.05. The van der Waals surface area contributed by atoms with Gasteiger partial charge in [0.1, 0.15) is 28.9 Å². The maximum Gasteiger partial charge on any atom is 0.230 e. The van der Waals surface area contributed by atoms with E-state index in [-0.39, 0.29) is 116 Å². The van der Waals surface area contributed by atoms with E-state index < -0.39 is 12.0 Å². The monoisotopic (exact) mass is 714 g/mol. The van der Waals surface area contributed by atoms with E-state index in [1.54, 1.807) is 0 Å². The summed E-state index contributed by atoms with van der Waals surface area (Å²) in [5, 5.41) is 11.5. The number of nitrogens with one attached hydrogen (secondary N) is 4. The maximum atomic E-state index is 12.7. The molecule has 0 aromatic rings. The number of halogens is 1. The minimum Gasteiger partial charge on any atom is -0.356 e. The molecular weight excluding hydrogens is 664 g/mol. The van der Waals surface area contributed by atoms with E-state index in [2.05, 4.69) is 37.2 Å². The van der Waals surface area contributed by atoms with Crippen molar-refractivity contribution in [3.8, 4) is 0 Å². The highest BCUT2D eigenvalue weighted by Gasteiger charge is 2.24. The molecule has 2 aliphatic heterocycles. The van der Waals surface area contributed by atoms with E-state index in [4.69, 9.17) is 11.5 Å². The second-order valence-corrected chi connectivity index (χ2v) is 12.1. The Kier molecular flexibility index (Phi) is 21.7. The van der Waals surface area contributed by atoms with Crippen molar-refractivity contribution in [2.45, 2.75) is 95.9 Å². The third-order valence-electron chi connectivity index (χ3n) is 8.06. The van der Waals surface area contributed by atoms with Crippen molar-refractivity contribution in [2.75, 3.05) is 38.2 Å². The Balaban J connectivity index is 0.000000554. The summed E-state index contributed by atoms with van der Waals surface area (Å²) < 4.78 is 0. The fraction of sp³-hybridized carbons (Fsp3) is 0.742. The highest BCUT2D eigenvalue weighted by Crippen LogP contribution is 2.18. The third-order valence-corrected chi connectivity index (χ3v) is 8.57. The highest BCUT2D eigenvalue weighted by molar-refractivity contribution is 9.09. The lowest BCUT2D eigenvalue weighted by Gasteiger charge is -2.21. The van der Waals surface area contributed by atoms with Crippen LogP contribution in [-0.4, -0.2) is 90.9 Å². The fourth-order valence-corrected chi connectivity index (χ4v) is 5.34. The minimum atomic E-state index is -0.449. The molecule has 0 spiro atoms. The first-order valence-electron chi connectivity index (χ1n) is 16.1. The zero-order valence-electron chi connectivity index (χ0n) is 26.7. The van der Waals surface area contributed by atoms with Crippen molar-refractivity contribution in [3.05, 3.63) is 0 Å².